The first-order chi connectivity index (χ1) is 11.1. The summed E-state index contributed by atoms with van der Waals surface area (Å²) in [6, 6.07) is 13.1. The zero-order chi connectivity index (χ0) is 16.0. The van der Waals surface area contributed by atoms with Crippen LogP contribution >= 0.6 is 23.4 Å². The molecule has 2 aromatic carbocycles. The van der Waals surface area contributed by atoms with E-state index in [2.05, 4.69) is 0 Å². The van der Waals surface area contributed by atoms with Gasteiger partial charge in [0.25, 0.3) is 5.56 Å². The maximum Gasteiger partial charge on any atom is 0.268 e. The van der Waals surface area contributed by atoms with E-state index in [0.29, 0.717) is 16.5 Å². The predicted molar refractivity (Wildman–Crippen MR) is 93.8 cm³/mol. The summed E-state index contributed by atoms with van der Waals surface area (Å²) in [4.78, 5) is 14.1. The molecule has 0 spiro atoms. The molecule has 0 bridgehead atoms. The van der Waals surface area contributed by atoms with E-state index in [4.69, 9.17) is 11.6 Å². The summed E-state index contributed by atoms with van der Waals surface area (Å²) in [7, 11) is 0. The molecule has 0 saturated carbocycles. The Hall–Kier alpha value is -1.91. The molecule has 1 aliphatic heterocycles. The minimum atomic E-state index is -0.123. The van der Waals surface area contributed by atoms with E-state index in [1.165, 1.54) is 11.8 Å². The van der Waals surface area contributed by atoms with Gasteiger partial charge in [-0.25, -0.2) is 0 Å². The highest BCUT2D eigenvalue weighted by molar-refractivity contribution is 7.99. The van der Waals surface area contributed by atoms with E-state index >= 15 is 0 Å². The maximum absolute atomic E-state index is 12.8. The van der Waals surface area contributed by atoms with Crippen LogP contribution in [0.3, 0.4) is 0 Å². The molecule has 3 aromatic rings. The predicted octanol–water partition coefficient (Wildman–Crippen LogP) is 4.46. The third kappa shape index (κ3) is 2.42. The fraction of sp³-hybridized carbons (Fsp3) is 0.167. The van der Waals surface area contributed by atoms with Crippen molar-refractivity contribution in [2.75, 3.05) is 0 Å². The first-order valence-electron chi connectivity index (χ1n) is 7.46. The van der Waals surface area contributed by atoms with Crippen molar-refractivity contribution in [3.63, 3.8) is 0 Å². The molecule has 0 aliphatic carbocycles. The number of aromatic hydroxyl groups is 1. The molecule has 3 nitrogen and oxygen atoms in total. The molecular formula is C18H14ClNO2S. The number of benzene rings is 2. The van der Waals surface area contributed by atoms with Crippen molar-refractivity contribution >= 4 is 34.3 Å². The number of rotatable bonds is 2. The number of pyridine rings is 1. The van der Waals surface area contributed by atoms with Gasteiger partial charge in [-0.1, -0.05) is 35.5 Å². The molecule has 5 heteroatoms. The number of hydrogen-bond donors (Lipinski definition) is 1. The number of para-hydroxylation sites is 1. The zero-order valence-electron chi connectivity index (χ0n) is 12.3. The molecule has 2 heterocycles. The fourth-order valence-corrected chi connectivity index (χ4v) is 4.14. The second kappa shape index (κ2) is 5.62. The van der Waals surface area contributed by atoms with E-state index in [0.717, 1.165) is 34.2 Å². The van der Waals surface area contributed by atoms with E-state index in [1.54, 1.807) is 16.7 Å². The minimum Gasteiger partial charge on any atom is -0.506 e. The highest BCUT2D eigenvalue weighted by atomic mass is 35.5. The van der Waals surface area contributed by atoms with Gasteiger partial charge in [-0.05, 0) is 48.7 Å². The number of hydrogen-bond acceptors (Lipinski definition) is 3. The van der Waals surface area contributed by atoms with Crippen molar-refractivity contribution in [3.8, 4) is 5.75 Å². The van der Waals surface area contributed by atoms with Crippen LogP contribution in [0.25, 0.3) is 10.9 Å². The van der Waals surface area contributed by atoms with Crippen LogP contribution in [0.1, 0.15) is 12.0 Å². The first kappa shape index (κ1) is 14.7. The van der Waals surface area contributed by atoms with Crippen molar-refractivity contribution < 1.29 is 5.11 Å². The molecule has 4 rings (SSSR count). The fourth-order valence-electron chi connectivity index (χ4n) is 3.10. The Morgan fingerprint density at radius 1 is 1.13 bits per heavy atom. The van der Waals surface area contributed by atoms with Gasteiger partial charge in [0, 0.05) is 21.8 Å². The quantitative estimate of drug-likeness (QED) is 0.747. The lowest BCUT2D eigenvalue weighted by Gasteiger charge is -2.21. The summed E-state index contributed by atoms with van der Waals surface area (Å²) in [5, 5.41) is 12.0. The van der Waals surface area contributed by atoms with Gasteiger partial charge in [0.05, 0.1) is 5.52 Å². The Morgan fingerprint density at radius 2 is 1.91 bits per heavy atom. The number of aromatic nitrogens is 1. The minimum absolute atomic E-state index is 0.0740. The molecule has 0 unspecified atom stereocenters. The van der Waals surface area contributed by atoms with Crippen molar-refractivity contribution in [2.45, 2.75) is 29.2 Å². The maximum atomic E-state index is 12.8. The van der Waals surface area contributed by atoms with Gasteiger partial charge in [-0.2, -0.15) is 0 Å². The van der Waals surface area contributed by atoms with Gasteiger partial charge < -0.3 is 9.67 Å². The van der Waals surface area contributed by atoms with Gasteiger partial charge in [-0.3, -0.25) is 4.79 Å². The van der Waals surface area contributed by atoms with Crippen molar-refractivity contribution in [1.82, 2.24) is 4.57 Å². The van der Waals surface area contributed by atoms with Crippen LogP contribution in [-0.2, 0) is 13.0 Å². The third-order valence-electron chi connectivity index (χ3n) is 4.16. The van der Waals surface area contributed by atoms with Crippen LogP contribution in [0.2, 0.25) is 5.02 Å². The monoisotopic (exact) mass is 343 g/mol. The standard InChI is InChI=1S/C18H14ClNO2S/c19-12-6-8-13(9-7-12)23-17-16(21)14-5-1-3-11-4-2-10-20(15(11)14)18(17)22/h1,3,5-9,21H,2,4,10H2. The Balaban J connectivity index is 1.94. The Kier molecular flexibility index (Phi) is 3.58. The van der Waals surface area contributed by atoms with Crippen molar-refractivity contribution in [2.24, 2.45) is 0 Å². The summed E-state index contributed by atoms with van der Waals surface area (Å²) in [5.74, 6) is 0.0740. The molecule has 1 aromatic heterocycles. The molecular weight excluding hydrogens is 330 g/mol. The molecule has 1 aliphatic rings. The topological polar surface area (TPSA) is 42.2 Å². The van der Waals surface area contributed by atoms with Gasteiger partial charge in [0.1, 0.15) is 10.6 Å². The lowest BCUT2D eigenvalue weighted by atomic mass is 10.0. The summed E-state index contributed by atoms with van der Waals surface area (Å²) in [6.07, 6.45) is 1.89. The summed E-state index contributed by atoms with van der Waals surface area (Å²) in [5.41, 5.74) is 1.88. The van der Waals surface area contributed by atoms with Crippen LogP contribution in [0, 0.1) is 0 Å². The van der Waals surface area contributed by atoms with Crippen LogP contribution in [0.4, 0.5) is 0 Å². The lowest BCUT2D eigenvalue weighted by Crippen LogP contribution is -2.25. The zero-order valence-corrected chi connectivity index (χ0v) is 13.8. The first-order valence-corrected chi connectivity index (χ1v) is 8.65. The van der Waals surface area contributed by atoms with Crippen LogP contribution in [-0.4, -0.2) is 9.67 Å². The smallest absolute Gasteiger partial charge is 0.268 e. The van der Waals surface area contributed by atoms with Gasteiger partial charge >= 0.3 is 0 Å². The van der Waals surface area contributed by atoms with E-state index in [1.807, 2.05) is 30.3 Å². The molecule has 1 N–H and O–H groups in total. The number of aryl methyl sites for hydroxylation is 2. The second-order valence-electron chi connectivity index (χ2n) is 5.61. The molecule has 0 amide bonds. The van der Waals surface area contributed by atoms with Crippen LogP contribution in [0.15, 0.2) is 57.1 Å². The Bertz CT molecular complexity index is 963. The third-order valence-corrected chi connectivity index (χ3v) is 5.49. The van der Waals surface area contributed by atoms with Crippen molar-refractivity contribution in [3.05, 3.63) is 63.4 Å². The van der Waals surface area contributed by atoms with E-state index in [9.17, 15) is 9.90 Å². The largest absolute Gasteiger partial charge is 0.506 e. The van der Waals surface area contributed by atoms with Crippen LogP contribution < -0.4 is 5.56 Å². The highest BCUT2D eigenvalue weighted by Gasteiger charge is 2.21. The molecule has 0 atom stereocenters. The number of nitrogens with zero attached hydrogens (tertiary/aromatic N) is 1. The molecule has 0 fully saturated rings. The lowest BCUT2D eigenvalue weighted by molar-refractivity contribution is 0.462. The van der Waals surface area contributed by atoms with E-state index in [-0.39, 0.29) is 11.3 Å². The highest BCUT2D eigenvalue weighted by Crippen LogP contribution is 2.38. The molecule has 23 heavy (non-hydrogen) atoms. The SMILES string of the molecule is O=c1c(Sc2ccc(Cl)cc2)c(O)c2cccc3c2n1CCC3. The molecule has 0 radical (unpaired) electrons. The van der Waals surface area contributed by atoms with Crippen molar-refractivity contribution in [1.29, 1.82) is 0 Å². The normalized spacial score (nSPS) is 13.4. The molecule has 0 saturated heterocycles. The summed E-state index contributed by atoms with van der Waals surface area (Å²) >= 11 is 7.19. The average molecular weight is 344 g/mol. The van der Waals surface area contributed by atoms with E-state index < -0.39 is 0 Å². The summed E-state index contributed by atoms with van der Waals surface area (Å²) < 4.78 is 1.80. The van der Waals surface area contributed by atoms with Crippen LogP contribution in [0.5, 0.6) is 5.75 Å². The summed E-state index contributed by atoms with van der Waals surface area (Å²) in [6.45, 7) is 0.695. The Morgan fingerprint density at radius 3 is 2.70 bits per heavy atom. The van der Waals surface area contributed by atoms with Gasteiger partial charge in [0.2, 0.25) is 0 Å². The molecule has 116 valence electrons. The average Bonchev–Trinajstić information content (AvgIpc) is 2.58. The Labute approximate surface area is 142 Å². The van der Waals surface area contributed by atoms with Gasteiger partial charge in [-0.15, -0.1) is 0 Å². The second-order valence-corrected chi connectivity index (χ2v) is 7.13. The number of halogens is 1. The van der Waals surface area contributed by atoms with Gasteiger partial charge in [0.15, 0.2) is 0 Å².